The molecule has 0 unspecified atom stereocenters. The van der Waals surface area contributed by atoms with Gasteiger partial charge in [0, 0.05) is 33.0 Å². The predicted octanol–water partition coefficient (Wildman–Crippen LogP) is -2.15. The van der Waals surface area contributed by atoms with Crippen molar-refractivity contribution >= 4 is 84.9 Å². The summed E-state index contributed by atoms with van der Waals surface area (Å²) < 4.78 is 1.57. The zero-order valence-corrected chi connectivity index (χ0v) is 25.8. The van der Waals surface area contributed by atoms with Crippen LogP contribution in [0.1, 0.15) is 5.69 Å². The van der Waals surface area contributed by atoms with E-state index >= 15 is 0 Å². The first-order valence-electron chi connectivity index (χ1n) is 11.0. The van der Waals surface area contributed by atoms with Gasteiger partial charge in [-0.05, 0) is 17.7 Å². The molecule has 3 N–H and O–H groups in total. The standard InChI is InChI=1S/C23H19N5O6S4.Na/c1-34-27-16(12-9-37-23(24)25-12)19(30)26-17-20(31)28-18(22(32)33)10(8-36-21(17)28)7-35-15-6-13(29)11-4-2-3-5-14(11)38-15;/h2-6,9,17,21H,7-8H2,1H3,(H2,24,25)(H,26,30)(H,32,33);/q;+1/p-1/b27-16-;/t17-,21+;/m1./s1. The molecule has 2 aliphatic rings. The van der Waals surface area contributed by atoms with E-state index in [1.165, 1.54) is 53.4 Å². The smallest absolute Gasteiger partial charge is 0.543 e. The number of rotatable bonds is 8. The molecule has 0 spiro atoms. The first-order valence-corrected chi connectivity index (χ1v) is 14.7. The first kappa shape index (κ1) is 29.6. The summed E-state index contributed by atoms with van der Waals surface area (Å²) in [5.74, 6) is -2.20. The third kappa shape index (κ3) is 5.89. The van der Waals surface area contributed by atoms with Crippen LogP contribution in [0.25, 0.3) is 10.1 Å². The minimum absolute atomic E-state index is 0. The molecule has 2 atom stereocenters. The molecule has 39 heavy (non-hydrogen) atoms. The fourth-order valence-corrected chi connectivity index (χ4v) is 8.25. The number of fused-ring (bicyclic) bond motifs is 2. The summed E-state index contributed by atoms with van der Waals surface area (Å²) >= 11 is 5.21. The maximum Gasteiger partial charge on any atom is 1.00 e. The second-order valence-corrected chi connectivity index (χ2v) is 12.4. The summed E-state index contributed by atoms with van der Waals surface area (Å²) in [5, 5.41) is 20.1. The Balaban J connectivity index is 0.00000353. The normalized spacial score (nSPS) is 18.7. The monoisotopic (exact) mass is 611 g/mol. The van der Waals surface area contributed by atoms with Crippen LogP contribution in [0.15, 0.2) is 61.1 Å². The number of carboxylic acids is 1. The molecule has 0 radical (unpaired) electrons. The number of nitrogens with two attached hydrogens (primary N) is 1. The van der Waals surface area contributed by atoms with E-state index in [2.05, 4.69) is 15.5 Å². The summed E-state index contributed by atoms with van der Waals surface area (Å²) in [6.45, 7) is 0. The minimum atomic E-state index is -1.48. The van der Waals surface area contributed by atoms with Crippen LogP contribution in [0.5, 0.6) is 0 Å². The number of carbonyl (C=O) groups is 3. The number of thioether (sulfide) groups is 2. The average molecular weight is 612 g/mol. The number of nitrogens with zero attached hydrogens (tertiary/aromatic N) is 3. The van der Waals surface area contributed by atoms with E-state index in [0.717, 1.165) is 25.1 Å². The van der Waals surface area contributed by atoms with Crippen LogP contribution in [0.4, 0.5) is 5.13 Å². The van der Waals surface area contributed by atoms with Gasteiger partial charge in [0.2, 0.25) is 0 Å². The molecule has 1 fully saturated rings. The third-order valence-electron chi connectivity index (χ3n) is 5.69. The van der Waals surface area contributed by atoms with Crippen molar-refractivity contribution in [3.8, 4) is 0 Å². The van der Waals surface area contributed by atoms with E-state index in [0.29, 0.717) is 16.7 Å². The number of carboxylic acid groups (broad SMARTS) is 1. The Labute approximate surface area is 260 Å². The molecule has 4 heterocycles. The summed E-state index contributed by atoms with van der Waals surface area (Å²) in [4.78, 5) is 60.3. The van der Waals surface area contributed by atoms with Gasteiger partial charge in [-0.2, -0.15) is 0 Å². The number of hydrogen-bond donors (Lipinski definition) is 2. The van der Waals surface area contributed by atoms with Crippen LogP contribution >= 0.6 is 46.2 Å². The number of oxime groups is 1. The molecule has 2 aliphatic heterocycles. The Morgan fingerprint density at radius 2 is 2.10 bits per heavy atom. The Bertz CT molecular complexity index is 1590. The van der Waals surface area contributed by atoms with Crippen molar-refractivity contribution in [2.45, 2.75) is 15.6 Å². The van der Waals surface area contributed by atoms with Crippen molar-refractivity contribution in [1.29, 1.82) is 0 Å². The van der Waals surface area contributed by atoms with Gasteiger partial charge in [0.15, 0.2) is 16.3 Å². The summed E-state index contributed by atoms with van der Waals surface area (Å²) in [7, 11) is 1.27. The van der Waals surface area contributed by atoms with Crippen LogP contribution < -0.4 is 51.1 Å². The van der Waals surface area contributed by atoms with E-state index in [1.807, 2.05) is 12.1 Å². The van der Waals surface area contributed by atoms with Gasteiger partial charge in [-0.25, -0.2) is 4.98 Å². The van der Waals surface area contributed by atoms with Gasteiger partial charge in [-0.1, -0.05) is 17.3 Å². The van der Waals surface area contributed by atoms with Crippen molar-refractivity contribution in [1.82, 2.24) is 15.2 Å². The number of hydrogen-bond acceptors (Lipinski definition) is 13. The number of carbonyl (C=O) groups excluding carboxylic acids is 3. The van der Waals surface area contributed by atoms with Gasteiger partial charge in [0.25, 0.3) is 11.8 Å². The fourth-order valence-electron chi connectivity index (χ4n) is 4.00. The number of aliphatic carboxylic acids is 1. The van der Waals surface area contributed by atoms with Gasteiger partial charge in [0.05, 0.1) is 15.9 Å². The second kappa shape index (κ2) is 12.4. The maximum absolute atomic E-state index is 13.0. The Morgan fingerprint density at radius 3 is 2.79 bits per heavy atom. The molecule has 0 aliphatic carbocycles. The molecule has 11 nitrogen and oxygen atoms in total. The van der Waals surface area contributed by atoms with Gasteiger partial charge in [-0.3, -0.25) is 19.3 Å². The zero-order chi connectivity index (χ0) is 27.0. The molecule has 0 bridgehead atoms. The predicted molar refractivity (Wildman–Crippen MR) is 146 cm³/mol. The molecule has 2 aromatic heterocycles. The minimum Gasteiger partial charge on any atom is -0.543 e. The molecular weight excluding hydrogens is 594 g/mol. The number of aromatic nitrogens is 1. The third-order valence-corrected chi connectivity index (χ3v) is 10.1. The zero-order valence-electron chi connectivity index (χ0n) is 20.5. The van der Waals surface area contributed by atoms with E-state index in [-0.39, 0.29) is 63.0 Å². The van der Waals surface area contributed by atoms with Crippen LogP contribution in [0.3, 0.4) is 0 Å². The topological polar surface area (TPSA) is 167 Å². The summed E-state index contributed by atoms with van der Waals surface area (Å²) in [6.07, 6.45) is 0. The SMILES string of the molecule is CO/N=C(\C(=O)N[C@@H]1C(=O)N2C(C(=O)[O-])=C(CSc3cc(=O)c4ccccc4s3)CS[C@@H]12)c1csc(N)n1.[Na+]. The number of thiazole rings is 1. The Hall–Kier alpha value is -2.40. The van der Waals surface area contributed by atoms with Crippen molar-refractivity contribution < 1.29 is 53.9 Å². The second-order valence-electron chi connectivity index (χ2n) is 8.01. The van der Waals surface area contributed by atoms with Crippen LogP contribution in [-0.4, -0.2) is 63.4 Å². The molecular formula is C23H18N5NaO6S4. The van der Waals surface area contributed by atoms with Crippen molar-refractivity contribution in [3.05, 3.63) is 62.9 Å². The molecule has 2 amide bonds. The molecule has 1 aromatic carbocycles. The molecule has 3 aromatic rings. The van der Waals surface area contributed by atoms with Crippen LogP contribution in [-0.2, 0) is 19.2 Å². The molecule has 196 valence electrons. The summed E-state index contributed by atoms with van der Waals surface area (Å²) in [6, 6.07) is 7.83. The van der Waals surface area contributed by atoms with Gasteiger partial charge in [0.1, 0.15) is 24.2 Å². The van der Waals surface area contributed by atoms with Gasteiger partial charge >= 0.3 is 29.6 Å². The van der Waals surface area contributed by atoms with E-state index < -0.39 is 29.2 Å². The van der Waals surface area contributed by atoms with Crippen molar-refractivity contribution in [2.24, 2.45) is 5.16 Å². The number of β-lactam (4-membered cyclic amide) rings is 1. The van der Waals surface area contributed by atoms with Crippen molar-refractivity contribution in [2.75, 3.05) is 24.3 Å². The Kier molecular flexibility index (Phi) is 9.41. The van der Waals surface area contributed by atoms with E-state index in [4.69, 9.17) is 10.6 Å². The quantitative estimate of drug-likeness (QED) is 0.0943. The van der Waals surface area contributed by atoms with Crippen LogP contribution in [0, 0.1) is 0 Å². The number of anilines is 1. The number of benzene rings is 1. The summed E-state index contributed by atoms with van der Waals surface area (Å²) in [5.41, 5.74) is 5.86. The van der Waals surface area contributed by atoms with Crippen molar-refractivity contribution in [3.63, 3.8) is 0 Å². The van der Waals surface area contributed by atoms with Crippen LogP contribution in [0.2, 0.25) is 0 Å². The first-order chi connectivity index (χ1) is 18.3. The average Bonchev–Trinajstić information content (AvgIpc) is 3.33. The molecule has 5 rings (SSSR count). The Morgan fingerprint density at radius 1 is 1.33 bits per heavy atom. The number of nitrogen functional groups attached to an aromatic ring is 1. The molecule has 1 saturated heterocycles. The fraction of sp³-hybridized carbons (Fsp3) is 0.217. The largest absolute Gasteiger partial charge is 1.00 e. The van der Waals surface area contributed by atoms with Gasteiger partial charge < -0.3 is 25.8 Å². The number of nitrogens with one attached hydrogen (secondary N) is 1. The van der Waals surface area contributed by atoms with Gasteiger partial charge in [-0.15, -0.1) is 46.2 Å². The van der Waals surface area contributed by atoms with E-state index in [9.17, 15) is 24.3 Å². The number of amides is 2. The molecule has 16 heteroatoms. The maximum atomic E-state index is 13.0. The van der Waals surface area contributed by atoms with E-state index in [1.54, 1.807) is 12.1 Å². The molecule has 0 saturated carbocycles.